The summed E-state index contributed by atoms with van der Waals surface area (Å²) in [6, 6.07) is 4.49. The van der Waals surface area contributed by atoms with Crippen molar-refractivity contribution >= 4 is 15.7 Å². The van der Waals surface area contributed by atoms with Gasteiger partial charge in [0.05, 0.1) is 18.6 Å². The van der Waals surface area contributed by atoms with Crippen molar-refractivity contribution < 1.29 is 22.3 Å². The molecule has 2 heterocycles. The highest BCUT2D eigenvalue weighted by Crippen LogP contribution is 2.24. The minimum atomic E-state index is -2.95. The molecule has 8 heteroatoms. The molecule has 2 aliphatic rings. The van der Waals surface area contributed by atoms with E-state index in [0.29, 0.717) is 51.3 Å². The van der Waals surface area contributed by atoms with Gasteiger partial charge in [0.15, 0.2) is 9.84 Å². The zero-order valence-electron chi connectivity index (χ0n) is 15.0. The Kier molecular flexibility index (Phi) is 5.82. The van der Waals surface area contributed by atoms with Crippen LogP contribution in [0.1, 0.15) is 18.4 Å². The number of nitrogens with zero attached hydrogens (tertiary/aromatic N) is 2. The lowest BCUT2D eigenvalue weighted by molar-refractivity contribution is -0.133. The standard InChI is InChI=1S/C18H25FN2O4S/c1-25-17-3-2-16(19)11-15(17)12-20-5-7-21(8-6-20)18(22)10-14-4-9-26(23,24)13-14/h2-3,11,14H,4-10,12-13H2,1H3/t14-/m1/s1. The van der Waals surface area contributed by atoms with Gasteiger partial charge in [-0.25, -0.2) is 12.8 Å². The normalized spacial score (nSPS) is 23.2. The molecule has 6 nitrogen and oxygen atoms in total. The predicted octanol–water partition coefficient (Wildman–Crippen LogP) is 1.30. The second-order valence-corrected chi connectivity index (χ2v) is 9.32. The van der Waals surface area contributed by atoms with Crippen LogP contribution in [0.3, 0.4) is 0 Å². The van der Waals surface area contributed by atoms with Gasteiger partial charge in [-0.2, -0.15) is 0 Å². The fraction of sp³-hybridized carbons (Fsp3) is 0.611. The van der Waals surface area contributed by atoms with Crippen molar-refractivity contribution in [2.75, 3.05) is 44.8 Å². The van der Waals surface area contributed by atoms with E-state index in [2.05, 4.69) is 4.90 Å². The minimum Gasteiger partial charge on any atom is -0.496 e. The predicted molar refractivity (Wildman–Crippen MR) is 96.2 cm³/mol. The van der Waals surface area contributed by atoms with Gasteiger partial charge in [-0.05, 0) is 30.5 Å². The van der Waals surface area contributed by atoms with Crippen molar-refractivity contribution in [1.29, 1.82) is 0 Å². The Morgan fingerprint density at radius 2 is 2.00 bits per heavy atom. The van der Waals surface area contributed by atoms with Gasteiger partial charge in [0, 0.05) is 44.7 Å². The molecule has 0 aliphatic carbocycles. The van der Waals surface area contributed by atoms with Crippen molar-refractivity contribution in [3.8, 4) is 5.75 Å². The first kappa shape index (κ1) is 19.1. The Labute approximate surface area is 153 Å². The molecule has 0 aromatic heterocycles. The molecule has 0 bridgehead atoms. The van der Waals surface area contributed by atoms with E-state index in [1.807, 2.05) is 4.90 Å². The zero-order valence-corrected chi connectivity index (χ0v) is 15.8. The van der Waals surface area contributed by atoms with Crippen LogP contribution in [0.15, 0.2) is 18.2 Å². The maximum Gasteiger partial charge on any atom is 0.222 e. The fourth-order valence-electron chi connectivity index (χ4n) is 3.68. The third-order valence-corrected chi connectivity index (χ3v) is 6.99. The van der Waals surface area contributed by atoms with Crippen LogP contribution in [0.2, 0.25) is 0 Å². The summed E-state index contributed by atoms with van der Waals surface area (Å²) in [5, 5.41) is 0. The van der Waals surface area contributed by atoms with E-state index in [9.17, 15) is 17.6 Å². The number of halogens is 1. The average Bonchev–Trinajstić information content (AvgIpc) is 2.94. The molecule has 0 N–H and O–H groups in total. The van der Waals surface area contributed by atoms with Gasteiger partial charge in [0.2, 0.25) is 5.91 Å². The summed E-state index contributed by atoms with van der Waals surface area (Å²) in [4.78, 5) is 16.4. The molecule has 1 atom stereocenters. The van der Waals surface area contributed by atoms with Crippen LogP contribution >= 0.6 is 0 Å². The number of amides is 1. The van der Waals surface area contributed by atoms with Gasteiger partial charge in [0.1, 0.15) is 11.6 Å². The van der Waals surface area contributed by atoms with E-state index in [1.165, 1.54) is 12.1 Å². The van der Waals surface area contributed by atoms with Crippen LogP contribution in [0.4, 0.5) is 4.39 Å². The molecule has 1 aromatic rings. The molecule has 2 aliphatic heterocycles. The average molecular weight is 384 g/mol. The molecule has 0 saturated carbocycles. The lowest BCUT2D eigenvalue weighted by Crippen LogP contribution is -2.48. The van der Waals surface area contributed by atoms with Crippen LogP contribution in [0.25, 0.3) is 0 Å². The van der Waals surface area contributed by atoms with Gasteiger partial charge in [-0.3, -0.25) is 9.69 Å². The number of hydrogen-bond acceptors (Lipinski definition) is 5. The highest BCUT2D eigenvalue weighted by molar-refractivity contribution is 7.91. The largest absolute Gasteiger partial charge is 0.496 e. The summed E-state index contributed by atoms with van der Waals surface area (Å²) < 4.78 is 41.8. The number of carbonyl (C=O) groups is 1. The van der Waals surface area contributed by atoms with Crippen molar-refractivity contribution in [3.63, 3.8) is 0 Å². The van der Waals surface area contributed by atoms with Gasteiger partial charge in [-0.15, -0.1) is 0 Å². The third-order valence-electron chi connectivity index (χ3n) is 5.15. The molecule has 0 unspecified atom stereocenters. The second-order valence-electron chi connectivity index (χ2n) is 7.09. The molecule has 1 aromatic carbocycles. The maximum atomic E-state index is 13.5. The molecular formula is C18H25FN2O4S. The smallest absolute Gasteiger partial charge is 0.222 e. The topological polar surface area (TPSA) is 66.9 Å². The molecular weight excluding hydrogens is 359 g/mol. The first-order chi connectivity index (χ1) is 12.4. The van der Waals surface area contributed by atoms with E-state index >= 15 is 0 Å². The molecule has 144 valence electrons. The molecule has 0 radical (unpaired) electrons. The molecule has 2 fully saturated rings. The van der Waals surface area contributed by atoms with Crippen molar-refractivity contribution in [3.05, 3.63) is 29.6 Å². The summed E-state index contributed by atoms with van der Waals surface area (Å²) in [6.07, 6.45) is 0.907. The zero-order chi connectivity index (χ0) is 18.7. The SMILES string of the molecule is COc1ccc(F)cc1CN1CCN(C(=O)C[C@H]2CCS(=O)(=O)C2)CC1. The minimum absolute atomic E-state index is 0.0371. The van der Waals surface area contributed by atoms with E-state index in [-0.39, 0.29) is 29.1 Å². The molecule has 3 rings (SSSR count). The van der Waals surface area contributed by atoms with E-state index < -0.39 is 9.84 Å². The number of methoxy groups -OCH3 is 1. The van der Waals surface area contributed by atoms with Crippen LogP contribution in [0.5, 0.6) is 5.75 Å². The quantitative estimate of drug-likeness (QED) is 0.766. The van der Waals surface area contributed by atoms with Crippen LogP contribution in [0, 0.1) is 11.7 Å². The highest BCUT2D eigenvalue weighted by Gasteiger charge is 2.31. The third kappa shape index (κ3) is 4.73. The number of rotatable bonds is 5. The van der Waals surface area contributed by atoms with E-state index in [4.69, 9.17) is 4.74 Å². The Morgan fingerprint density at radius 3 is 2.62 bits per heavy atom. The fourth-order valence-corrected chi connectivity index (χ4v) is 5.54. The van der Waals surface area contributed by atoms with Crippen LogP contribution in [-0.4, -0.2) is 68.9 Å². The first-order valence-electron chi connectivity index (χ1n) is 8.89. The maximum absolute atomic E-state index is 13.5. The molecule has 1 amide bonds. The summed E-state index contributed by atoms with van der Waals surface area (Å²) in [5.74, 6) is 0.706. The van der Waals surface area contributed by atoms with Gasteiger partial charge in [-0.1, -0.05) is 0 Å². The van der Waals surface area contributed by atoms with Crippen LogP contribution in [-0.2, 0) is 21.2 Å². The molecule has 2 saturated heterocycles. The number of hydrogen-bond donors (Lipinski definition) is 0. The summed E-state index contributed by atoms with van der Waals surface area (Å²) >= 11 is 0. The molecule has 0 spiro atoms. The Hall–Kier alpha value is -1.67. The van der Waals surface area contributed by atoms with Crippen molar-refractivity contribution in [2.45, 2.75) is 19.4 Å². The molecule has 26 heavy (non-hydrogen) atoms. The lowest BCUT2D eigenvalue weighted by Gasteiger charge is -2.35. The van der Waals surface area contributed by atoms with Gasteiger partial charge < -0.3 is 9.64 Å². The second kappa shape index (κ2) is 7.92. The monoisotopic (exact) mass is 384 g/mol. The number of ether oxygens (including phenoxy) is 1. The Bertz CT molecular complexity index is 760. The number of sulfone groups is 1. The summed E-state index contributed by atoms with van der Waals surface area (Å²) in [5.41, 5.74) is 0.795. The Balaban J connectivity index is 1.50. The summed E-state index contributed by atoms with van der Waals surface area (Å²) in [6.45, 7) is 3.19. The first-order valence-corrected chi connectivity index (χ1v) is 10.7. The number of benzene rings is 1. The van der Waals surface area contributed by atoms with Crippen molar-refractivity contribution in [1.82, 2.24) is 9.80 Å². The van der Waals surface area contributed by atoms with E-state index in [1.54, 1.807) is 13.2 Å². The highest BCUT2D eigenvalue weighted by atomic mass is 32.2. The number of carbonyl (C=O) groups excluding carboxylic acids is 1. The summed E-state index contributed by atoms with van der Waals surface area (Å²) in [7, 11) is -1.38. The lowest BCUT2D eigenvalue weighted by atomic mass is 10.0. The van der Waals surface area contributed by atoms with Crippen molar-refractivity contribution in [2.24, 2.45) is 5.92 Å². The van der Waals surface area contributed by atoms with Gasteiger partial charge >= 0.3 is 0 Å². The van der Waals surface area contributed by atoms with E-state index in [0.717, 1.165) is 5.56 Å². The Morgan fingerprint density at radius 1 is 1.27 bits per heavy atom. The van der Waals surface area contributed by atoms with Crippen LogP contribution < -0.4 is 4.74 Å². The van der Waals surface area contributed by atoms with Gasteiger partial charge in [0.25, 0.3) is 0 Å². The number of piperazine rings is 1.